The van der Waals surface area contributed by atoms with Crippen molar-refractivity contribution in [3.05, 3.63) is 35.6 Å². The fourth-order valence-corrected chi connectivity index (χ4v) is 5.67. The summed E-state index contributed by atoms with van der Waals surface area (Å²) >= 11 is 0. The molecule has 1 saturated carbocycles. The number of nitrogens with zero attached hydrogens (tertiary/aromatic N) is 3. The van der Waals surface area contributed by atoms with Gasteiger partial charge >= 0.3 is 0 Å². The Balaban J connectivity index is 1.24. The number of hydrogen-bond donors (Lipinski definition) is 1. The van der Waals surface area contributed by atoms with Crippen molar-refractivity contribution < 1.29 is 9.18 Å². The summed E-state index contributed by atoms with van der Waals surface area (Å²) in [5.41, 5.74) is 1.13. The summed E-state index contributed by atoms with van der Waals surface area (Å²) in [5, 5.41) is 3.21. The Hall–Kier alpha value is -1.50. The first-order valence-electron chi connectivity index (χ1n) is 11.7. The zero-order chi connectivity index (χ0) is 21.0. The van der Waals surface area contributed by atoms with E-state index in [-0.39, 0.29) is 17.1 Å². The molecule has 1 aromatic carbocycles. The maximum Gasteiger partial charge on any atom is 0.234 e. The van der Waals surface area contributed by atoms with Crippen molar-refractivity contribution in [2.45, 2.75) is 50.0 Å². The van der Waals surface area contributed by atoms with Crippen LogP contribution in [0.5, 0.6) is 0 Å². The monoisotopic (exact) mass is 416 g/mol. The molecule has 6 heteroatoms. The van der Waals surface area contributed by atoms with Crippen LogP contribution in [-0.4, -0.2) is 86.1 Å². The maximum atomic E-state index is 13.4. The molecule has 30 heavy (non-hydrogen) atoms. The van der Waals surface area contributed by atoms with Crippen LogP contribution >= 0.6 is 0 Å². The Labute approximate surface area is 180 Å². The van der Waals surface area contributed by atoms with Crippen molar-refractivity contribution >= 4 is 5.91 Å². The van der Waals surface area contributed by atoms with E-state index in [4.69, 9.17) is 0 Å². The van der Waals surface area contributed by atoms with Gasteiger partial charge in [0.15, 0.2) is 0 Å². The average Bonchev–Trinajstić information content (AvgIpc) is 3.23. The maximum absolute atomic E-state index is 13.4. The molecule has 0 spiro atoms. The number of amides is 1. The zero-order valence-electron chi connectivity index (χ0n) is 18.4. The molecule has 3 aliphatic rings. The highest BCUT2D eigenvalue weighted by Crippen LogP contribution is 2.40. The van der Waals surface area contributed by atoms with Gasteiger partial charge in [0.05, 0.1) is 6.54 Å². The topological polar surface area (TPSA) is 38.8 Å². The van der Waals surface area contributed by atoms with Crippen molar-refractivity contribution in [2.75, 3.05) is 59.4 Å². The predicted molar refractivity (Wildman–Crippen MR) is 118 cm³/mol. The Bertz CT molecular complexity index is 696. The molecule has 1 amide bonds. The van der Waals surface area contributed by atoms with Crippen LogP contribution in [0.1, 0.15) is 44.1 Å². The SMILES string of the molecule is CN1CCCC(N2CCN(CC(=O)NCC3(c4ccc(F)cc4)CCCC3)CC2)C1. The molecule has 4 rings (SSSR count). The molecular formula is C24H37FN4O. The van der Waals surface area contributed by atoms with E-state index < -0.39 is 0 Å². The van der Waals surface area contributed by atoms with E-state index in [9.17, 15) is 9.18 Å². The molecule has 2 saturated heterocycles. The summed E-state index contributed by atoms with van der Waals surface area (Å²) in [7, 11) is 2.22. The molecule has 0 aromatic heterocycles. The highest BCUT2D eigenvalue weighted by molar-refractivity contribution is 5.78. The summed E-state index contributed by atoms with van der Waals surface area (Å²) in [5.74, 6) is -0.0795. The van der Waals surface area contributed by atoms with Gasteiger partial charge in [0.25, 0.3) is 0 Å². The summed E-state index contributed by atoms with van der Waals surface area (Å²) in [6.45, 7) is 7.59. The van der Waals surface area contributed by atoms with Crippen LogP contribution in [0.2, 0.25) is 0 Å². The summed E-state index contributed by atoms with van der Waals surface area (Å²) in [6, 6.07) is 7.56. The van der Waals surface area contributed by atoms with E-state index in [0.29, 0.717) is 19.1 Å². The van der Waals surface area contributed by atoms with Crippen molar-refractivity contribution in [1.82, 2.24) is 20.0 Å². The fraction of sp³-hybridized carbons (Fsp3) is 0.708. The molecule has 1 aromatic rings. The fourth-order valence-electron chi connectivity index (χ4n) is 5.67. The number of piperidine rings is 1. The highest BCUT2D eigenvalue weighted by atomic mass is 19.1. The quantitative estimate of drug-likeness (QED) is 0.773. The number of likely N-dealkylation sites (N-methyl/N-ethyl adjacent to an activating group) is 1. The lowest BCUT2D eigenvalue weighted by atomic mass is 9.79. The lowest BCUT2D eigenvalue weighted by Crippen LogP contribution is -2.55. The number of likely N-dealkylation sites (tertiary alicyclic amines) is 1. The predicted octanol–water partition coefficient (Wildman–Crippen LogP) is 2.47. The summed E-state index contributed by atoms with van der Waals surface area (Å²) in [4.78, 5) is 20.0. The number of carbonyl (C=O) groups excluding carboxylic acids is 1. The van der Waals surface area contributed by atoms with Gasteiger partial charge < -0.3 is 10.2 Å². The molecule has 0 bridgehead atoms. The van der Waals surface area contributed by atoms with Crippen LogP contribution in [0.4, 0.5) is 4.39 Å². The molecule has 1 unspecified atom stereocenters. The Morgan fingerprint density at radius 1 is 1.07 bits per heavy atom. The molecule has 1 aliphatic carbocycles. The van der Waals surface area contributed by atoms with E-state index in [1.54, 1.807) is 12.1 Å². The van der Waals surface area contributed by atoms with Crippen molar-refractivity contribution in [2.24, 2.45) is 0 Å². The number of benzene rings is 1. The molecule has 3 fully saturated rings. The third-order valence-corrected chi connectivity index (χ3v) is 7.53. The first-order chi connectivity index (χ1) is 14.5. The van der Waals surface area contributed by atoms with Gasteiger partial charge in [-0.1, -0.05) is 25.0 Å². The standard InChI is InChI=1S/C24H37FN4O/c1-27-12-4-5-22(17-27)29-15-13-28(14-16-29)18-23(30)26-19-24(10-2-3-11-24)20-6-8-21(25)9-7-20/h6-9,22H,2-5,10-19H2,1H3,(H,26,30). The van der Waals surface area contributed by atoms with E-state index >= 15 is 0 Å². The van der Waals surface area contributed by atoms with Crippen LogP contribution in [0.3, 0.4) is 0 Å². The van der Waals surface area contributed by atoms with Gasteiger partial charge in [-0.25, -0.2) is 4.39 Å². The number of rotatable bonds is 6. The third-order valence-electron chi connectivity index (χ3n) is 7.53. The Kier molecular flexibility index (Phi) is 7.06. The molecular weight excluding hydrogens is 379 g/mol. The van der Waals surface area contributed by atoms with Crippen LogP contribution in [0.15, 0.2) is 24.3 Å². The molecule has 0 radical (unpaired) electrons. The second-order valence-corrected chi connectivity index (χ2v) is 9.64. The molecule has 5 nitrogen and oxygen atoms in total. The smallest absolute Gasteiger partial charge is 0.234 e. The van der Waals surface area contributed by atoms with Gasteiger partial charge in [-0.2, -0.15) is 0 Å². The van der Waals surface area contributed by atoms with Crippen LogP contribution in [0, 0.1) is 5.82 Å². The van der Waals surface area contributed by atoms with Gasteiger partial charge in [0.1, 0.15) is 5.82 Å². The van der Waals surface area contributed by atoms with E-state index in [1.165, 1.54) is 38.8 Å². The van der Waals surface area contributed by atoms with E-state index in [1.807, 2.05) is 12.1 Å². The van der Waals surface area contributed by atoms with Gasteiger partial charge in [-0.3, -0.25) is 14.6 Å². The molecule has 2 aliphatic heterocycles. The minimum Gasteiger partial charge on any atom is -0.354 e. The first-order valence-corrected chi connectivity index (χ1v) is 11.7. The third kappa shape index (κ3) is 5.21. The van der Waals surface area contributed by atoms with Crippen LogP contribution in [0.25, 0.3) is 0 Å². The normalized spacial score (nSPS) is 26.0. The van der Waals surface area contributed by atoms with Gasteiger partial charge in [0.2, 0.25) is 5.91 Å². The summed E-state index contributed by atoms with van der Waals surface area (Å²) in [6.07, 6.45) is 7.06. The number of nitrogens with one attached hydrogen (secondary N) is 1. The van der Waals surface area contributed by atoms with E-state index in [0.717, 1.165) is 44.6 Å². The molecule has 2 heterocycles. The number of piperazine rings is 1. The van der Waals surface area contributed by atoms with Gasteiger partial charge in [-0.15, -0.1) is 0 Å². The Morgan fingerprint density at radius 2 is 1.77 bits per heavy atom. The minimum absolute atomic E-state index is 0.0327. The second-order valence-electron chi connectivity index (χ2n) is 9.64. The van der Waals surface area contributed by atoms with Crippen LogP contribution in [-0.2, 0) is 10.2 Å². The van der Waals surface area contributed by atoms with Crippen molar-refractivity contribution in [1.29, 1.82) is 0 Å². The minimum atomic E-state index is -0.199. The van der Waals surface area contributed by atoms with Crippen LogP contribution < -0.4 is 5.32 Å². The Morgan fingerprint density at radius 3 is 2.43 bits per heavy atom. The van der Waals surface area contributed by atoms with E-state index in [2.05, 4.69) is 27.1 Å². The zero-order valence-corrected chi connectivity index (χ0v) is 18.4. The van der Waals surface area contributed by atoms with Crippen molar-refractivity contribution in [3.8, 4) is 0 Å². The second kappa shape index (κ2) is 9.75. The highest BCUT2D eigenvalue weighted by Gasteiger charge is 2.36. The molecule has 1 N–H and O–H groups in total. The lowest BCUT2D eigenvalue weighted by molar-refractivity contribution is -0.123. The number of hydrogen-bond acceptors (Lipinski definition) is 4. The van der Waals surface area contributed by atoms with Crippen molar-refractivity contribution in [3.63, 3.8) is 0 Å². The van der Waals surface area contributed by atoms with Gasteiger partial charge in [-0.05, 0) is 57.0 Å². The number of halogens is 1. The largest absolute Gasteiger partial charge is 0.354 e. The average molecular weight is 417 g/mol. The molecule has 166 valence electrons. The number of carbonyl (C=O) groups is 1. The lowest BCUT2D eigenvalue weighted by Gasteiger charge is -2.42. The summed E-state index contributed by atoms with van der Waals surface area (Å²) < 4.78 is 13.4. The van der Waals surface area contributed by atoms with Gasteiger partial charge in [0, 0.05) is 50.7 Å². The first kappa shape index (κ1) is 21.7. The molecule has 1 atom stereocenters.